The van der Waals surface area contributed by atoms with Gasteiger partial charge in [0.15, 0.2) is 0 Å². The predicted molar refractivity (Wildman–Crippen MR) is 70.6 cm³/mol. The van der Waals surface area contributed by atoms with Crippen LogP contribution in [0.1, 0.15) is 15.9 Å². The second-order valence-corrected chi connectivity index (χ2v) is 4.10. The summed E-state index contributed by atoms with van der Waals surface area (Å²) in [4.78, 5) is 12.0. The van der Waals surface area contributed by atoms with Crippen molar-refractivity contribution in [3.8, 4) is 0 Å². The molecule has 0 aliphatic rings. The van der Waals surface area contributed by atoms with Gasteiger partial charge in [0, 0.05) is 32.0 Å². The van der Waals surface area contributed by atoms with Crippen molar-refractivity contribution in [2.24, 2.45) is 0 Å². The predicted octanol–water partition coefficient (Wildman–Crippen LogP) is 0.968. The molecule has 0 fully saturated rings. The van der Waals surface area contributed by atoms with Crippen molar-refractivity contribution in [1.82, 2.24) is 5.32 Å². The van der Waals surface area contributed by atoms with Crippen LogP contribution in [0, 0.1) is 6.92 Å². The summed E-state index contributed by atoms with van der Waals surface area (Å²) in [6, 6.07) is 5.27. The van der Waals surface area contributed by atoms with Gasteiger partial charge in [-0.05, 0) is 24.6 Å². The lowest BCUT2D eigenvalue weighted by molar-refractivity contribution is 0.0285. The second kappa shape index (κ2) is 6.98. The van der Waals surface area contributed by atoms with Gasteiger partial charge in [0.05, 0.1) is 12.7 Å². The number of rotatable bonds is 6. The van der Waals surface area contributed by atoms with Gasteiger partial charge in [0.1, 0.15) is 0 Å². The summed E-state index contributed by atoms with van der Waals surface area (Å²) in [5.41, 5.74) is 7.72. The van der Waals surface area contributed by atoms with Crippen LogP contribution in [0.25, 0.3) is 0 Å². The smallest absolute Gasteiger partial charge is 0.251 e. The molecule has 0 aliphatic heterocycles. The second-order valence-electron chi connectivity index (χ2n) is 4.10. The number of nitrogen functional groups attached to an aromatic ring is 1. The Kier molecular flexibility index (Phi) is 5.61. The van der Waals surface area contributed by atoms with Crippen LogP contribution < -0.4 is 11.1 Å². The van der Waals surface area contributed by atoms with Gasteiger partial charge in [-0.15, -0.1) is 0 Å². The molecule has 5 heteroatoms. The lowest BCUT2D eigenvalue weighted by Gasteiger charge is -2.15. The van der Waals surface area contributed by atoms with Crippen molar-refractivity contribution in [1.29, 1.82) is 0 Å². The Morgan fingerprint density at radius 1 is 1.44 bits per heavy atom. The molecule has 5 nitrogen and oxygen atoms in total. The maximum atomic E-state index is 12.0. The first-order valence-electron chi connectivity index (χ1n) is 5.74. The third-order valence-corrected chi connectivity index (χ3v) is 2.68. The molecule has 0 radical (unpaired) electrons. The summed E-state index contributed by atoms with van der Waals surface area (Å²) in [7, 11) is 3.18. The van der Waals surface area contributed by atoms with E-state index in [4.69, 9.17) is 15.2 Å². The first kappa shape index (κ1) is 14.5. The number of nitrogens with two attached hydrogens (primary N) is 1. The Bertz CT molecular complexity index is 407. The van der Waals surface area contributed by atoms with E-state index in [-0.39, 0.29) is 12.0 Å². The topological polar surface area (TPSA) is 73.6 Å². The quantitative estimate of drug-likeness (QED) is 0.740. The first-order chi connectivity index (χ1) is 8.58. The lowest BCUT2D eigenvalue weighted by Crippen LogP contribution is -2.35. The Balaban J connectivity index is 2.62. The summed E-state index contributed by atoms with van der Waals surface area (Å²) in [6.07, 6.45) is -0.152. The number of aryl methyl sites for hydroxylation is 1. The van der Waals surface area contributed by atoms with Gasteiger partial charge in [0.25, 0.3) is 5.91 Å². The fourth-order valence-electron chi connectivity index (χ4n) is 1.58. The first-order valence-corrected chi connectivity index (χ1v) is 5.74. The zero-order chi connectivity index (χ0) is 13.5. The van der Waals surface area contributed by atoms with E-state index in [2.05, 4.69) is 5.32 Å². The Morgan fingerprint density at radius 2 is 2.17 bits per heavy atom. The van der Waals surface area contributed by atoms with Crippen LogP contribution in [0.4, 0.5) is 5.69 Å². The van der Waals surface area contributed by atoms with Crippen LogP contribution in [-0.4, -0.2) is 39.4 Å². The molecule has 1 rings (SSSR count). The van der Waals surface area contributed by atoms with E-state index in [9.17, 15) is 4.79 Å². The van der Waals surface area contributed by atoms with Crippen molar-refractivity contribution in [2.75, 3.05) is 33.1 Å². The van der Waals surface area contributed by atoms with Crippen molar-refractivity contribution in [3.05, 3.63) is 29.3 Å². The minimum absolute atomic E-state index is 0.152. The van der Waals surface area contributed by atoms with Gasteiger partial charge < -0.3 is 20.5 Å². The molecular formula is C13H20N2O3. The summed E-state index contributed by atoms with van der Waals surface area (Å²) >= 11 is 0. The van der Waals surface area contributed by atoms with Crippen LogP contribution in [0.2, 0.25) is 0 Å². The molecule has 0 bridgehead atoms. The molecular weight excluding hydrogens is 232 g/mol. The van der Waals surface area contributed by atoms with Crippen molar-refractivity contribution < 1.29 is 14.3 Å². The molecule has 1 atom stereocenters. The Hall–Kier alpha value is -1.59. The number of carbonyl (C=O) groups is 1. The van der Waals surface area contributed by atoms with Crippen LogP contribution in [0.5, 0.6) is 0 Å². The molecule has 1 amide bonds. The van der Waals surface area contributed by atoms with E-state index in [0.29, 0.717) is 24.4 Å². The normalized spacial score (nSPS) is 12.2. The Labute approximate surface area is 107 Å². The van der Waals surface area contributed by atoms with Gasteiger partial charge in [0.2, 0.25) is 0 Å². The number of methoxy groups -OCH3 is 2. The van der Waals surface area contributed by atoms with E-state index >= 15 is 0 Å². The van der Waals surface area contributed by atoms with Gasteiger partial charge >= 0.3 is 0 Å². The van der Waals surface area contributed by atoms with Gasteiger partial charge in [-0.1, -0.05) is 6.07 Å². The molecule has 0 heterocycles. The van der Waals surface area contributed by atoms with Crippen LogP contribution in [-0.2, 0) is 9.47 Å². The van der Waals surface area contributed by atoms with Gasteiger partial charge in [-0.3, -0.25) is 4.79 Å². The fraction of sp³-hybridized carbons (Fsp3) is 0.462. The third kappa shape index (κ3) is 4.01. The number of benzene rings is 1. The van der Waals surface area contributed by atoms with Crippen molar-refractivity contribution in [3.63, 3.8) is 0 Å². The average Bonchev–Trinajstić information content (AvgIpc) is 2.37. The average molecular weight is 252 g/mol. The van der Waals surface area contributed by atoms with Crippen molar-refractivity contribution >= 4 is 11.6 Å². The number of hydrogen-bond donors (Lipinski definition) is 2. The SMILES string of the molecule is COCC(CNC(=O)c1cc(N)ccc1C)OC. The van der Waals surface area contributed by atoms with Crippen molar-refractivity contribution in [2.45, 2.75) is 13.0 Å². The highest BCUT2D eigenvalue weighted by Gasteiger charge is 2.12. The number of nitrogens with one attached hydrogen (secondary N) is 1. The standard InChI is InChI=1S/C13H20N2O3/c1-9-4-5-10(14)6-12(9)13(16)15-7-11(18-3)8-17-2/h4-6,11H,7-8,14H2,1-3H3,(H,15,16). The van der Waals surface area contributed by atoms with E-state index < -0.39 is 0 Å². The third-order valence-electron chi connectivity index (χ3n) is 2.68. The minimum Gasteiger partial charge on any atom is -0.399 e. The number of anilines is 1. The zero-order valence-corrected chi connectivity index (χ0v) is 11.0. The Morgan fingerprint density at radius 3 is 2.78 bits per heavy atom. The molecule has 100 valence electrons. The van der Waals surface area contributed by atoms with E-state index in [1.54, 1.807) is 26.4 Å². The number of carbonyl (C=O) groups excluding carboxylic acids is 1. The highest BCUT2D eigenvalue weighted by molar-refractivity contribution is 5.96. The fourth-order valence-corrected chi connectivity index (χ4v) is 1.58. The van der Waals surface area contributed by atoms with Crippen LogP contribution >= 0.6 is 0 Å². The van der Waals surface area contributed by atoms with Crippen LogP contribution in [0.3, 0.4) is 0 Å². The highest BCUT2D eigenvalue weighted by Crippen LogP contribution is 2.12. The summed E-state index contributed by atoms with van der Waals surface area (Å²) < 4.78 is 10.1. The van der Waals surface area contributed by atoms with E-state index in [1.807, 2.05) is 13.0 Å². The highest BCUT2D eigenvalue weighted by atomic mass is 16.5. The molecule has 0 aromatic heterocycles. The van der Waals surface area contributed by atoms with Gasteiger partial charge in [-0.25, -0.2) is 0 Å². The maximum absolute atomic E-state index is 12.0. The zero-order valence-electron chi connectivity index (χ0n) is 11.0. The molecule has 18 heavy (non-hydrogen) atoms. The van der Waals surface area contributed by atoms with Crippen LogP contribution in [0.15, 0.2) is 18.2 Å². The molecule has 1 aromatic carbocycles. The van der Waals surface area contributed by atoms with Gasteiger partial charge in [-0.2, -0.15) is 0 Å². The molecule has 1 aromatic rings. The minimum atomic E-state index is -0.155. The molecule has 1 unspecified atom stereocenters. The summed E-state index contributed by atoms with van der Waals surface area (Å²) in [5, 5.41) is 2.80. The molecule has 0 aliphatic carbocycles. The lowest BCUT2D eigenvalue weighted by atomic mass is 10.1. The summed E-state index contributed by atoms with van der Waals surface area (Å²) in [5.74, 6) is -0.155. The number of hydrogen-bond acceptors (Lipinski definition) is 4. The largest absolute Gasteiger partial charge is 0.399 e. The molecule has 0 saturated heterocycles. The molecule has 3 N–H and O–H groups in total. The maximum Gasteiger partial charge on any atom is 0.251 e. The molecule has 0 saturated carbocycles. The number of amides is 1. The molecule has 0 spiro atoms. The number of ether oxygens (including phenoxy) is 2. The monoisotopic (exact) mass is 252 g/mol. The van der Waals surface area contributed by atoms with E-state index in [0.717, 1.165) is 5.56 Å². The summed E-state index contributed by atoms with van der Waals surface area (Å²) in [6.45, 7) is 2.71. The van der Waals surface area contributed by atoms with E-state index in [1.165, 1.54) is 0 Å².